The quantitative estimate of drug-likeness (QED) is 0.533. The van der Waals surface area contributed by atoms with Crippen molar-refractivity contribution in [3.63, 3.8) is 0 Å². The van der Waals surface area contributed by atoms with Crippen molar-refractivity contribution in [2.24, 2.45) is 0 Å². The number of hydrogen-bond acceptors (Lipinski definition) is 5. The highest BCUT2D eigenvalue weighted by molar-refractivity contribution is 7.92. The van der Waals surface area contributed by atoms with E-state index in [0.29, 0.717) is 5.75 Å². The maximum absolute atomic E-state index is 13.8. The third-order valence-corrected chi connectivity index (χ3v) is 5.36. The number of halogens is 1. The summed E-state index contributed by atoms with van der Waals surface area (Å²) in [7, 11) is -2.65. The van der Waals surface area contributed by atoms with E-state index < -0.39 is 21.7 Å². The maximum atomic E-state index is 13.8. The van der Waals surface area contributed by atoms with E-state index in [4.69, 9.17) is 4.74 Å². The summed E-state index contributed by atoms with van der Waals surface area (Å²) < 4.78 is 46.7. The highest BCUT2D eigenvalue weighted by Crippen LogP contribution is 2.30. The third-order valence-electron chi connectivity index (χ3n) is 4.00. The number of rotatable bonds is 6. The number of amides is 1. The molecule has 29 heavy (non-hydrogen) atoms. The van der Waals surface area contributed by atoms with Crippen LogP contribution < -0.4 is 14.8 Å². The average Bonchev–Trinajstić information content (AvgIpc) is 2.70. The molecule has 0 aliphatic carbocycles. The van der Waals surface area contributed by atoms with Crippen molar-refractivity contribution in [1.29, 1.82) is 0 Å². The van der Waals surface area contributed by atoms with Gasteiger partial charge in [-0.25, -0.2) is 12.8 Å². The standard InChI is InChI=1S/C20H17FN2O5S/c1-28-19-9-5-4-8-16(19)23-29(26,27)13-10-11-18(24)17(12-13)22-20(25)14-6-2-3-7-15(14)21/h2-12,23-24H,1H3,(H,22,25). The molecule has 150 valence electrons. The Balaban J connectivity index is 1.90. The highest BCUT2D eigenvalue weighted by atomic mass is 32.2. The molecule has 3 aromatic carbocycles. The van der Waals surface area contributed by atoms with Crippen LogP contribution >= 0.6 is 0 Å². The number of phenols is 1. The third kappa shape index (κ3) is 4.46. The van der Waals surface area contributed by atoms with Crippen molar-refractivity contribution in [2.75, 3.05) is 17.1 Å². The normalized spacial score (nSPS) is 11.0. The van der Waals surface area contributed by atoms with Gasteiger partial charge in [0.25, 0.3) is 15.9 Å². The molecular weight excluding hydrogens is 399 g/mol. The fourth-order valence-corrected chi connectivity index (χ4v) is 3.65. The fraction of sp³-hybridized carbons (Fsp3) is 0.0500. The molecule has 0 saturated carbocycles. The molecule has 0 radical (unpaired) electrons. The minimum absolute atomic E-state index is 0.179. The molecule has 0 aliphatic heterocycles. The average molecular weight is 416 g/mol. The minimum atomic E-state index is -4.06. The highest BCUT2D eigenvalue weighted by Gasteiger charge is 2.20. The number of benzene rings is 3. The zero-order chi connectivity index (χ0) is 21.0. The number of hydrogen-bond donors (Lipinski definition) is 3. The number of sulfonamides is 1. The lowest BCUT2D eigenvalue weighted by molar-refractivity contribution is 0.102. The molecule has 1 amide bonds. The predicted octanol–water partition coefficient (Wildman–Crippen LogP) is 3.59. The Bertz CT molecular complexity index is 1170. The summed E-state index contributed by atoms with van der Waals surface area (Å²) in [6, 6.07) is 15.1. The molecule has 0 aliphatic rings. The Morgan fingerprint density at radius 3 is 2.41 bits per heavy atom. The van der Waals surface area contributed by atoms with E-state index in [0.717, 1.165) is 18.2 Å². The molecule has 0 spiro atoms. The maximum Gasteiger partial charge on any atom is 0.262 e. The Morgan fingerprint density at radius 2 is 1.69 bits per heavy atom. The van der Waals surface area contributed by atoms with Crippen molar-refractivity contribution in [3.05, 3.63) is 78.1 Å². The van der Waals surface area contributed by atoms with E-state index in [1.165, 1.54) is 37.4 Å². The lowest BCUT2D eigenvalue weighted by atomic mass is 10.2. The molecule has 3 rings (SSSR count). The van der Waals surface area contributed by atoms with Gasteiger partial charge in [-0.15, -0.1) is 0 Å². The van der Waals surface area contributed by atoms with Gasteiger partial charge in [0.15, 0.2) is 0 Å². The number of carbonyl (C=O) groups excluding carboxylic acids is 1. The van der Waals surface area contributed by atoms with E-state index in [9.17, 15) is 22.7 Å². The number of para-hydroxylation sites is 2. The van der Waals surface area contributed by atoms with Crippen molar-refractivity contribution in [1.82, 2.24) is 0 Å². The van der Waals surface area contributed by atoms with Crippen LogP contribution in [0.4, 0.5) is 15.8 Å². The Hall–Kier alpha value is -3.59. The largest absolute Gasteiger partial charge is 0.506 e. The monoisotopic (exact) mass is 416 g/mol. The second-order valence-electron chi connectivity index (χ2n) is 5.92. The van der Waals surface area contributed by atoms with Crippen LogP contribution in [0.2, 0.25) is 0 Å². The molecule has 3 aromatic rings. The van der Waals surface area contributed by atoms with Crippen LogP contribution in [-0.2, 0) is 10.0 Å². The number of aromatic hydroxyl groups is 1. The van der Waals surface area contributed by atoms with Crippen LogP contribution in [0, 0.1) is 5.82 Å². The van der Waals surface area contributed by atoms with Gasteiger partial charge in [-0.2, -0.15) is 0 Å². The van der Waals surface area contributed by atoms with Crippen LogP contribution in [0.5, 0.6) is 11.5 Å². The van der Waals surface area contributed by atoms with E-state index in [2.05, 4.69) is 10.0 Å². The molecule has 0 aromatic heterocycles. The smallest absolute Gasteiger partial charge is 0.262 e. The van der Waals surface area contributed by atoms with Gasteiger partial charge in [-0.3, -0.25) is 9.52 Å². The molecule has 0 heterocycles. The lowest BCUT2D eigenvalue weighted by Crippen LogP contribution is -2.16. The van der Waals surface area contributed by atoms with Gasteiger partial charge in [0.1, 0.15) is 17.3 Å². The Kier molecular flexibility index (Phi) is 5.69. The molecule has 0 atom stereocenters. The summed E-state index contributed by atoms with van der Waals surface area (Å²) in [4.78, 5) is 12.1. The topological polar surface area (TPSA) is 105 Å². The zero-order valence-electron chi connectivity index (χ0n) is 15.2. The van der Waals surface area contributed by atoms with Crippen molar-refractivity contribution < 1.29 is 27.4 Å². The zero-order valence-corrected chi connectivity index (χ0v) is 16.0. The van der Waals surface area contributed by atoms with Gasteiger partial charge in [0, 0.05) is 0 Å². The Labute approximate surface area is 166 Å². The molecule has 0 bridgehead atoms. The fourth-order valence-electron chi connectivity index (χ4n) is 2.55. The van der Waals surface area contributed by atoms with Crippen LogP contribution in [0.1, 0.15) is 10.4 Å². The van der Waals surface area contributed by atoms with E-state index >= 15 is 0 Å². The van der Waals surface area contributed by atoms with Gasteiger partial charge >= 0.3 is 0 Å². The second kappa shape index (κ2) is 8.19. The molecule has 0 fully saturated rings. The number of methoxy groups -OCH3 is 1. The molecule has 0 saturated heterocycles. The summed E-state index contributed by atoms with van der Waals surface area (Å²) >= 11 is 0. The molecular formula is C20H17FN2O5S. The SMILES string of the molecule is COc1ccccc1NS(=O)(=O)c1ccc(O)c(NC(=O)c2ccccc2F)c1. The van der Waals surface area contributed by atoms with Crippen LogP contribution in [0.15, 0.2) is 71.6 Å². The van der Waals surface area contributed by atoms with Crippen LogP contribution in [0.25, 0.3) is 0 Å². The molecule has 3 N–H and O–H groups in total. The predicted molar refractivity (Wildman–Crippen MR) is 106 cm³/mol. The summed E-state index contributed by atoms with van der Waals surface area (Å²) in [6.45, 7) is 0. The first-order valence-corrected chi connectivity index (χ1v) is 9.85. The van der Waals surface area contributed by atoms with Gasteiger partial charge in [0.2, 0.25) is 0 Å². The van der Waals surface area contributed by atoms with Crippen molar-refractivity contribution in [3.8, 4) is 11.5 Å². The van der Waals surface area contributed by atoms with Crippen LogP contribution in [0.3, 0.4) is 0 Å². The van der Waals surface area contributed by atoms with Crippen molar-refractivity contribution >= 4 is 27.3 Å². The van der Waals surface area contributed by atoms with E-state index in [-0.39, 0.29) is 27.6 Å². The van der Waals surface area contributed by atoms with E-state index in [1.54, 1.807) is 18.2 Å². The number of ether oxygens (including phenoxy) is 1. The minimum Gasteiger partial charge on any atom is -0.506 e. The lowest BCUT2D eigenvalue weighted by Gasteiger charge is -2.13. The summed E-state index contributed by atoms with van der Waals surface area (Å²) in [5.41, 5.74) is -0.200. The van der Waals surface area contributed by atoms with E-state index in [1.807, 2.05) is 0 Å². The molecule has 9 heteroatoms. The van der Waals surface area contributed by atoms with Gasteiger partial charge < -0.3 is 15.2 Å². The first kappa shape index (κ1) is 20.2. The molecule has 7 nitrogen and oxygen atoms in total. The van der Waals surface area contributed by atoms with Gasteiger partial charge in [-0.1, -0.05) is 24.3 Å². The second-order valence-corrected chi connectivity index (χ2v) is 7.60. The number of nitrogens with one attached hydrogen (secondary N) is 2. The number of phenolic OH excluding ortho intramolecular Hbond substituents is 1. The first-order chi connectivity index (χ1) is 13.8. The van der Waals surface area contributed by atoms with Crippen LogP contribution in [-0.4, -0.2) is 26.5 Å². The first-order valence-electron chi connectivity index (χ1n) is 8.36. The number of carbonyl (C=O) groups is 1. The summed E-state index contributed by atoms with van der Waals surface area (Å²) in [5, 5.41) is 12.3. The van der Waals surface area contributed by atoms with Gasteiger partial charge in [-0.05, 0) is 42.5 Å². The molecule has 0 unspecified atom stereocenters. The van der Waals surface area contributed by atoms with Gasteiger partial charge in [0.05, 0.1) is 28.9 Å². The summed E-state index contributed by atoms with van der Waals surface area (Å²) in [5.74, 6) is -1.62. The summed E-state index contributed by atoms with van der Waals surface area (Å²) in [6.07, 6.45) is 0. The Morgan fingerprint density at radius 1 is 1.00 bits per heavy atom. The van der Waals surface area contributed by atoms with Crippen molar-refractivity contribution in [2.45, 2.75) is 4.90 Å². The number of anilines is 2.